The number of hydrogen-bond acceptors (Lipinski definition) is 7. The molecule has 5 nitrogen and oxygen atoms in total. The Bertz CT molecular complexity index is 999. The molecule has 1 N–H and O–H groups in total. The van der Waals surface area contributed by atoms with Gasteiger partial charge in [0.25, 0.3) is 5.91 Å². The number of anilines is 1. The van der Waals surface area contributed by atoms with Crippen molar-refractivity contribution in [2.75, 3.05) is 5.32 Å². The van der Waals surface area contributed by atoms with Crippen molar-refractivity contribution in [2.24, 2.45) is 0 Å². The first-order chi connectivity index (χ1) is 12.8. The Hall–Kier alpha value is -2.55. The molecule has 3 heterocycles. The minimum atomic E-state index is -0.201. The number of rotatable bonds is 5. The van der Waals surface area contributed by atoms with Gasteiger partial charge in [-0.2, -0.15) is 11.3 Å². The molecule has 0 aliphatic heterocycles. The van der Waals surface area contributed by atoms with Gasteiger partial charge < -0.3 is 0 Å². The molecule has 0 saturated heterocycles. The van der Waals surface area contributed by atoms with Crippen LogP contribution in [0.1, 0.15) is 10.4 Å². The molecule has 0 aliphatic carbocycles. The molecule has 0 fully saturated rings. The van der Waals surface area contributed by atoms with Gasteiger partial charge in [-0.25, -0.2) is 4.98 Å². The van der Waals surface area contributed by atoms with Crippen LogP contribution in [0.2, 0.25) is 0 Å². The zero-order valence-electron chi connectivity index (χ0n) is 13.3. The SMILES string of the molecule is O=C(Nc1nnc(-c2ccsc2)s1)c1ccc(Sc2ccccn2)cc1. The van der Waals surface area contributed by atoms with E-state index in [1.807, 2.05) is 47.2 Å². The molecule has 8 heteroatoms. The highest BCUT2D eigenvalue weighted by atomic mass is 32.2. The van der Waals surface area contributed by atoms with Crippen LogP contribution in [0.4, 0.5) is 5.13 Å². The van der Waals surface area contributed by atoms with Crippen LogP contribution in [-0.2, 0) is 0 Å². The lowest BCUT2D eigenvalue weighted by Gasteiger charge is -2.03. The number of nitrogens with zero attached hydrogens (tertiary/aromatic N) is 3. The van der Waals surface area contributed by atoms with Gasteiger partial charge in [-0.3, -0.25) is 10.1 Å². The van der Waals surface area contributed by atoms with Crippen molar-refractivity contribution < 1.29 is 4.79 Å². The lowest BCUT2D eigenvalue weighted by atomic mass is 10.2. The van der Waals surface area contributed by atoms with Crippen molar-refractivity contribution in [1.29, 1.82) is 0 Å². The Kier molecular flexibility index (Phi) is 5.05. The topological polar surface area (TPSA) is 67.8 Å². The third kappa shape index (κ3) is 3.98. The summed E-state index contributed by atoms with van der Waals surface area (Å²) in [6.45, 7) is 0. The van der Waals surface area contributed by atoms with E-state index in [1.165, 1.54) is 11.3 Å². The fourth-order valence-corrected chi connectivity index (χ4v) is 4.37. The van der Waals surface area contributed by atoms with Crippen molar-refractivity contribution in [2.45, 2.75) is 9.92 Å². The van der Waals surface area contributed by atoms with Gasteiger partial charge in [0, 0.05) is 27.6 Å². The second kappa shape index (κ2) is 7.77. The molecule has 1 amide bonds. The number of aromatic nitrogens is 3. The molecule has 4 aromatic rings. The second-order valence-electron chi connectivity index (χ2n) is 5.17. The molecule has 0 unspecified atom stereocenters. The number of nitrogens with one attached hydrogen (secondary N) is 1. The van der Waals surface area contributed by atoms with Crippen molar-refractivity contribution in [1.82, 2.24) is 15.2 Å². The molecule has 128 valence electrons. The molecule has 0 spiro atoms. The van der Waals surface area contributed by atoms with Crippen LogP contribution in [0.5, 0.6) is 0 Å². The van der Waals surface area contributed by atoms with E-state index in [9.17, 15) is 4.79 Å². The van der Waals surface area contributed by atoms with E-state index in [-0.39, 0.29) is 5.91 Å². The Morgan fingerprint density at radius 2 is 1.92 bits per heavy atom. The first-order valence-corrected chi connectivity index (χ1v) is 10.2. The predicted molar refractivity (Wildman–Crippen MR) is 106 cm³/mol. The van der Waals surface area contributed by atoms with Crippen LogP contribution < -0.4 is 5.32 Å². The van der Waals surface area contributed by atoms with Crippen LogP contribution in [0, 0.1) is 0 Å². The number of hydrogen-bond donors (Lipinski definition) is 1. The molecule has 0 bridgehead atoms. The third-order valence-electron chi connectivity index (χ3n) is 3.39. The summed E-state index contributed by atoms with van der Waals surface area (Å²) in [6.07, 6.45) is 1.76. The Morgan fingerprint density at radius 3 is 2.65 bits per heavy atom. The predicted octanol–water partition coefficient (Wildman–Crippen LogP) is 5.07. The summed E-state index contributed by atoms with van der Waals surface area (Å²) in [6, 6.07) is 15.2. The highest BCUT2D eigenvalue weighted by Gasteiger charge is 2.11. The molecule has 3 aromatic heterocycles. The number of benzene rings is 1. The summed E-state index contributed by atoms with van der Waals surface area (Å²) in [7, 11) is 0. The molecule has 1 aromatic carbocycles. The maximum atomic E-state index is 12.4. The van der Waals surface area contributed by atoms with E-state index in [0.717, 1.165) is 20.5 Å². The summed E-state index contributed by atoms with van der Waals surface area (Å²) in [5.41, 5.74) is 1.59. The summed E-state index contributed by atoms with van der Waals surface area (Å²) in [5, 5.41) is 17.1. The van der Waals surface area contributed by atoms with E-state index >= 15 is 0 Å². The number of carbonyl (C=O) groups is 1. The normalized spacial score (nSPS) is 10.6. The maximum absolute atomic E-state index is 12.4. The molecule has 4 rings (SSSR count). The minimum absolute atomic E-state index is 0.201. The van der Waals surface area contributed by atoms with Crippen molar-refractivity contribution in [3.8, 4) is 10.6 Å². The number of amides is 1. The smallest absolute Gasteiger partial charge is 0.257 e. The first kappa shape index (κ1) is 16.9. The average Bonchev–Trinajstić information content (AvgIpc) is 3.35. The van der Waals surface area contributed by atoms with Gasteiger partial charge in [0.05, 0.1) is 0 Å². The van der Waals surface area contributed by atoms with Crippen LogP contribution in [0.15, 0.2) is 75.4 Å². The first-order valence-electron chi connectivity index (χ1n) is 7.64. The van der Waals surface area contributed by atoms with Gasteiger partial charge >= 0.3 is 0 Å². The number of pyridine rings is 1. The molecule has 0 atom stereocenters. The molecule has 0 saturated carbocycles. The largest absolute Gasteiger partial charge is 0.296 e. The fraction of sp³-hybridized carbons (Fsp3) is 0. The van der Waals surface area contributed by atoms with Crippen molar-refractivity contribution in [3.05, 3.63) is 71.1 Å². The van der Waals surface area contributed by atoms with Crippen molar-refractivity contribution >= 4 is 45.5 Å². The van der Waals surface area contributed by atoms with Crippen LogP contribution in [0.25, 0.3) is 10.6 Å². The molecular formula is C18H12N4OS3. The quantitative estimate of drug-likeness (QED) is 0.510. The molecule has 0 aliphatic rings. The van der Waals surface area contributed by atoms with Gasteiger partial charge in [0.2, 0.25) is 5.13 Å². The van der Waals surface area contributed by atoms with E-state index in [4.69, 9.17) is 0 Å². The Balaban J connectivity index is 1.42. The Morgan fingerprint density at radius 1 is 1.04 bits per heavy atom. The van der Waals surface area contributed by atoms with Crippen LogP contribution >= 0.6 is 34.4 Å². The summed E-state index contributed by atoms with van der Waals surface area (Å²) in [4.78, 5) is 17.7. The molecular weight excluding hydrogens is 384 g/mol. The van der Waals surface area contributed by atoms with E-state index in [2.05, 4.69) is 20.5 Å². The van der Waals surface area contributed by atoms with Gasteiger partial charge in [-0.1, -0.05) is 29.2 Å². The third-order valence-corrected chi connectivity index (χ3v) is 5.92. The summed E-state index contributed by atoms with van der Waals surface area (Å²) < 4.78 is 0. The standard InChI is InChI=1S/C18H12N4OS3/c23-16(20-18-22-21-17(26-18)13-8-10-24-11-13)12-4-6-14(7-5-12)25-15-3-1-2-9-19-15/h1-11H,(H,20,22,23). The lowest BCUT2D eigenvalue weighted by molar-refractivity contribution is 0.102. The summed E-state index contributed by atoms with van der Waals surface area (Å²) >= 11 is 4.51. The van der Waals surface area contributed by atoms with Gasteiger partial charge in [-0.15, -0.1) is 10.2 Å². The monoisotopic (exact) mass is 396 g/mol. The fourth-order valence-electron chi connectivity index (χ4n) is 2.15. The van der Waals surface area contributed by atoms with E-state index in [1.54, 1.807) is 41.4 Å². The zero-order valence-corrected chi connectivity index (χ0v) is 15.8. The van der Waals surface area contributed by atoms with Gasteiger partial charge in [-0.05, 0) is 47.8 Å². The Labute approximate surface area is 162 Å². The second-order valence-corrected chi connectivity index (χ2v) is 8.02. The zero-order chi connectivity index (χ0) is 17.8. The highest BCUT2D eigenvalue weighted by molar-refractivity contribution is 7.99. The van der Waals surface area contributed by atoms with Gasteiger partial charge in [0.1, 0.15) is 10.0 Å². The van der Waals surface area contributed by atoms with Crippen LogP contribution in [0.3, 0.4) is 0 Å². The van der Waals surface area contributed by atoms with E-state index in [0.29, 0.717) is 10.7 Å². The maximum Gasteiger partial charge on any atom is 0.257 e. The number of carbonyl (C=O) groups excluding carboxylic acids is 1. The molecule has 0 radical (unpaired) electrons. The molecule has 26 heavy (non-hydrogen) atoms. The highest BCUT2D eigenvalue weighted by Crippen LogP contribution is 2.29. The summed E-state index contributed by atoms with van der Waals surface area (Å²) in [5.74, 6) is -0.201. The minimum Gasteiger partial charge on any atom is -0.296 e. The van der Waals surface area contributed by atoms with Crippen LogP contribution in [-0.4, -0.2) is 21.1 Å². The number of thiophene rings is 1. The van der Waals surface area contributed by atoms with Crippen molar-refractivity contribution in [3.63, 3.8) is 0 Å². The van der Waals surface area contributed by atoms with Gasteiger partial charge in [0.15, 0.2) is 0 Å². The average molecular weight is 397 g/mol. The lowest BCUT2D eigenvalue weighted by Crippen LogP contribution is -2.11. The van der Waals surface area contributed by atoms with E-state index < -0.39 is 0 Å².